The van der Waals surface area contributed by atoms with Crippen molar-refractivity contribution in [1.29, 1.82) is 0 Å². The molecule has 5 heteroatoms. The Morgan fingerprint density at radius 1 is 0.840 bits per heavy atom. The molecule has 3 nitrogen and oxygen atoms in total. The number of thiocarbonyl (C=S) groups is 1. The molecule has 25 heavy (non-hydrogen) atoms. The number of nitrogens with one attached hydrogen (secondary N) is 2. The molecule has 0 fully saturated rings. The normalized spacial score (nSPS) is 10.1. The summed E-state index contributed by atoms with van der Waals surface area (Å²) in [5.74, 6) is -0.572. The molecule has 3 aromatic rings. The Labute approximate surface area is 150 Å². The van der Waals surface area contributed by atoms with Crippen LogP contribution in [0.25, 0.3) is 11.1 Å². The Bertz CT molecular complexity index is 895. The zero-order valence-corrected chi connectivity index (χ0v) is 14.0. The second-order valence-corrected chi connectivity index (χ2v) is 5.73. The van der Waals surface area contributed by atoms with E-state index in [2.05, 4.69) is 10.6 Å². The molecule has 3 aromatic carbocycles. The van der Waals surface area contributed by atoms with E-state index in [1.807, 2.05) is 30.3 Å². The summed E-state index contributed by atoms with van der Waals surface area (Å²) < 4.78 is 13.1. The highest BCUT2D eigenvalue weighted by Gasteiger charge is 2.10. The van der Waals surface area contributed by atoms with Crippen LogP contribution in [0, 0.1) is 5.82 Å². The number of carbonyl (C=O) groups excluding carboxylic acids is 1. The van der Waals surface area contributed by atoms with Crippen LogP contribution in [0.3, 0.4) is 0 Å². The minimum absolute atomic E-state index is 0.198. The van der Waals surface area contributed by atoms with Gasteiger partial charge in [-0.05, 0) is 48.1 Å². The van der Waals surface area contributed by atoms with Crippen LogP contribution in [-0.2, 0) is 0 Å². The Hall–Kier alpha value is -3.05. The number of amides is 1. The summed E-state index contributed by atoms with van der Waals surface area (Å²) in [6.45, 7) is 0. The van der Waals surface area contributed by atoms with Gasteiger partial charge in [0, 0.05) is 16.8 Å². The molecular weight excluding hydrogens is 335 g/mol. The summed E-state index contributed by atoms with van der Waals surface area (Å²) in [4.78, 5) is 12.2. The summed E-state index contributed by atoms with van der Waals surface area (Å²) in [6, 6.07) is 22.5. The van der Waals surface area contributed by atoms with Crippen molar-refractivity contribution in [3.05, 3.63) is 90.2 Å². The van der Waals surface area contributed by atoms with Crippen molar-refractivity contribution in [3.63, 3.8) is 0 Å². The van der Waals surface area contributed by atoms with Gasteiger partial charge in [-0.1, -0.05) is 48.5 Å². The maximum absolute atomic E-state index is 13.1. The van der Waals surface area contributed by atoms with Gasteiger partial charge in [-0.2, -0.15) is 0 Å². The van der Waals surface area contributed by atoms with E-state index < -0.39 is 0 Å². The molecule has 0 saturated heterocycles. The van der Waals surface area contributed by atoms with Crippen molar-refractivity contribution < 1.29 is 9.18 Å². The zero-order valence-electron chi connectivity index (χ0n) is 13.2. The lowest BCUT2D eigenvalue weighted by molar-refractivity contribution is 0.0977. The van der Waals surface area contributed by atoms with Crippen molar-refractivity contribution in [2.75, 3.05) is 5.32 Å². The predicted octanol–water partition coefficient (Wildman–Crippen LogP) is 4.62. The fraction of sp³-hybridized carbons (Fsp3) is 0. The van der Waals surface area contributed by atoms with Crippen LogP contribution in [-0.4, -0.2) is 11.0 Å². The predicted molar refractivity (Wildman–Crippen MR) is 102 cm³/mol. The summed E-state index contributed by atoms with van der Waals surface area (Å²) >= 11 is 5.24. The first kappa shape index (κ1) is 16.8. The van der Waals surface area contributed by atoms with Crippen molar-refractivity contribution in [2.45, 2.75) is 0 Å². The quantitative estimate of drug-likeness (QED) is 0.677. The minimum atomic E-state index is -0.292. The molecule has 124 valence electrons. The molecule has 0 unspecified atom stereocenters. The molecule has 0 atom stereocenters. The van der Waals surface area contributed by atoms with Crippen LogP contribution < -0.4 is 10.6 Å². The lowest BCUT2D eigenvalue weighted by atomic mass is 10.0. The Morgan fingerprint density at radius 3 is 2.20 bits per heavy atom. The van der Waals surface area contributed by atoms with Crippen molar-refractivity contribution >= 4 is 28.9 Å². The lowest BCUT2D eigenvalue weighted by Gasteiger charge is -2.14. The minimum Gasteiger partial charge on any atom is -0.332 e. The molecule has 0 aromatic heterocycles. The third kappa shape index (κ3) is 4.28. The van der Waals surface area contributed by atoms with Crippen LogP contribution >= 0.6 is 12.2 Å². The van der Waals surface area contributed by atoms with E-state index >= 15 is 0 Å². The summed E-state index contributed by atoms with van der Waals surface area (Å²) in [7, 11) is 0. The number of hydrogen-bond acceptors (Lipinski definition) is 2. The van der Waals surface area contributed by atoms with E-state index in [9.17, 15) is 9.18 Å². The van der Waals surface area contributed by atoms with Gasteiger partial charge in [0.1, 0.15) is 5.82 Å². The number of halogens is 1. The van der Waals surface area contributed by atoms with Crippen molar-refractivity contribution in [2.24, 2.45) is 0 Å². The number of rotatable bonds is 3. The van der Waals surface area contributed by atoms with E-state index in [4.69, 9.17) is 12.2 Å². The number of carbonyl (C=O) groups is 1. The van der Waals surface area contributed by atoms with Crippen LogP contribution in [0.2, 0.25) is 0 Å². The number of hydrogen-bond donors (Lipinski definition) is 2. The Morgan fingerprint density at radius 2 is 1.48 bits per heavy atom. The lowest BCUT2D eigenvalue weighted by Crippen LogP contribution is -2.34. The van der Waals surface area contributed by atoms with Crippen molar-refractivity contribution in [1.82, 2.24) is 5.32 Å². The first-order chi connectivity index (χ1) is 12.1. The number of benzene rings is 3. The van der Waals surface area contributed by atoms with E-state index in [-0.39, 0.29) is 16.8 Å². The van der Waals surface area contributed by atoms with Gasteiger partial charge >= 0.3 is 0 Å². The molecule has 0 aliphatic carbocycles. The highest BCUT2D eigenvalue weighted by Crippen LogP contribution is 2.27. The molecule has 2 N–H and O–H groups in total. The first-order valence-corrected chi connectivity index (χ1v) is 8.06. The Balaban J connectivity index is 1.76. The monoisotopic (exact) mass is 350 g/mol. The average molecular weight is 350 g/mol. The smallest absolute Gasteiger partial charge is 0.257 e. The summed E-state index contributed by atoms with van der Waals surface area (Å²) in [5, 5.41) is 5.88. The molecule has 0 bridgehead atoms. The van der Waals surface area contributed by atoms with E-state index in [1.165, 1.54) is 12.1 Å². The maximum Gasteiger partial charge on any atom is 0.257 e. The fourth-order valence-electron chi connectivity index (χ4n) is 2.39. The fourth-order valence-corrected chi connectivity index (χ4v) is 2.59. The molecule has 1 amide bonds. The molecule has 3 rings (SSSR count). The molecule has 0 radical (unpaired) electrons. The largest absolute Gasteiger partial charge is 0.332 e. The zero-order chi connectivity index (χ0) is 17.6. The topological polar surface area (TPSA) is 41.1 Å². The Kier molecular flexibility index (Phi) is 5.16. The van der Waals surface area contributed by atoms with E-state index in [0.717, 1.165) is 16.8 Å². The van der Waals surface area contributed by atoms with Gasteiger partial charge in [0.25, 0.3) is 5.91 Å². The van der Waals surface area contributed by atoms with Crippen LogP contribution in [0.5, 0.6) is 0 Å². The number of para-hydroxylation sites is 1. The van der Waals surface area contributed by atoms with E-state index in [1.54, 1.807) is 36.4 Å². The number of anilines is 1. The molecule has 0 aliphatic rings. The molecule has 0 saturated carbocycles. The highest BCUT2D eigenvalue weighted by molar-refractivity contribution is 7.80. The first-order valence-electron chi connectivity index (χ1n) is 7.66. The summed E-state index contributed by atoms with van der Waals surface area (Å²) in [6.07, 6.45) is 0. The van der Waals surface area contributed by atoms with Gasteiger partial charge in [0.05, 0.1) is 0 Å². The third-order valence-electron chi connectivity index (χ3n) is 3.59. The average Bonchev–Trinajstić information content (AvgIpc) is 2.63. The second-order valence-electron chi connectivity index (χ2n) is 5.33. The van der Waals surface area contributed by atoms with Crippen LogP contribution in [0.15, 0.2) is 78.9 Å². The van der Waals surface area contributed by atoms with Gasteiger partial charge < -0.3 is 5.32 Å². The standard InChI is InChI=1S/C20H15FN2OS/c21-16-12-10-14(11-13-16)17-8-4-5-9-18(17)22-20(25)23-19(24)15-6-2-1-3-7-15/h1-13H,(H2,22,23,24,25). The molecular formula is C20H15FN2OS. The van der Waals surface area contributed by atoms with Crippen LogP contribution in [0.1, 0.15) is 10.4 Å². The van der Waals surface area contributed by atoms with Gasteiger partial charge in [-0.15, -0.1) is 0 Å². The third-order valence-corrected chi connectivity index (χ3v) is 3.80. The van der Waals surface area contributed by atoms with Crippen molar-refractivity contribution in [3.8, 4) is 11.1 Å². The molecule has 0 heterocycles. The van der Waals surface area contributed by atoms with Gasteiger partial charge in [-0.25, -0.2) is 4.39 Å². The molecule has 0 spiro atoms. The molecule has 0 aliphatic heterocycles. The maximum atomic E-state index is 13.1. The van der Waals surface area contributed by atoms with E-state index in [0.29, 0.717) is 5.56 Å². The summed E-state index contributed by atoms with van der Waals surface area (Å²) in [5.41, 5.74) is 2.96. The van der Waals surface area contributed by atoms with Gasteiger partial charge in [0.2, 0.25) is 0 Å². The highest BCUT2D eigenvalue weighted by atomic mass is 32.1. The van der Waals surface area contributed by atoms with Gasteiger partial charge in [0.15, 0.2) is 5.11 Å². The SMILES string of the molecule is O=C(NC(=S)Nc1ccccc1-c1ccc(F)cc1)c1ccccc1. The second kappa shape index (κ2) is 7.68. The van der Waals surface area contributed by atoms with Gasteiger partial charge in [-0.3, -0.25) is 10.1 Å². The van der Waals surface area contributed by atoms with Crippen LogP contribution in [0.4, 0.5) is 10.1 Å².